The lowest BCUT2D eigenvalue weighted by atomic mass is 10.2. The van der Waals surface area contributed by atoms with Crippen molar-refractivity contribution in [3.05, 3.63) is 39.7 Å². The molecule has 0 bridgehead atoms. The number of non-ortho nitro benzene ring substituents is 1. The van der Waals surface area contributed by atoms with Crippen LogP contribution in [0.25, 0.3) is 0 Å². The number of nitro benzene ring substituents is 1. The molecule has 1 aliphatic rings. The van der Waals surface area contributed by atoms with Gasteiger partial charge in [-0.05, 0) is 44.5 Å². The number of hydrogen-bond acceptors (Lipinski definition) is 4. The van der Waals surface area contributed by atoms with Crippen molar-refractivity contribution < 1.29 is 9.31 Å². The van der Waals surface area contributed by atoms with E-state index >= 15 is 0 Å². The van der Waals surface area contributed by atoms with E-state index in [1.165, 1.54) is 25.0 Å². The Balaban J connectivity index is 1.87. The molecule has 110 valence electrons. The van der Waals surface area contributed by atoms with E-state index in [1.54, 1.807) is 0 Å². The van der Waals surface area contributed by atoms with Gasteiger partial charge in [0.1, 0.15) is 5.82 Å². The maximum atomic E-state index is 13.3. The number of halogens is 1. The van der Waals surface area contributed by atoms with Crippen molar-refractivity contribution >= 4 is 5.69 Å². The predicted molar refractivity (Wildman–Crippen MR) is 75.0 cm³/mol. The number of rotatable bonds is 6. The number of likely N-dealkylation sites (tertiary alicyclic amines) is 1. The molecule has 1 saturated heterocycles. The minimum atomic E-state index is -0.569. The summed E-state index contributed by atoms with van der Waals surface area (Å²) < 4.78 is 13.3. The van der Waals surface area contributed by atoms with Gasteiger partial charge in [-0.15, -0.1) is 0 Å². The Morgan fingerprint density at radius 1 is 1.40 bits per heavy atom. The van der Waals surface area contributed by atoms with Gasteiger partial charge in [0.15, 0.2) is 0 Å². The first-order valence-electron chi connectivity index (χ1n) is 6.94. The van der Waals surface area contributed by atoms with Crippen LogP contribution < -0.4 is 5.32 Å². The maximum Gasteiger partial charge on any atom is 0.272 e. The van der Waals surface area contributed by atoms with Gasteiger partial charge in [0.2, 0.25) is 0 Å². The smallest absolute Gasteiger partial charge is 0.272 e. The molecular formula is C14H20FN3O2. The fourth-order valence-corrected chi connectivity index (χ4v) is 2.55. The van der Waals surface area contributed by atoms with E-state index in [9.17, 15) is 14.5 Å². The summed E-state index contributed by atoms with van der Waals surface area (Å²) in [4.78, 5) is 12.5. The minimum absolute atomic E-state index is 0.200. The number of hydrogen-bond donors (Lipinski definition) is 1. The summed E-state index contributed by atoms with van der Waals surface area (Å²) in [6, 6.07) is 3.97. The first kappa shape index (κ1) is 14.9. The summed E-state index contributed by atoms with van der Waals surface area (Å²) in [5.41, 5.74) is 0.402. The van der Waals surface area contributed by atoms with Gasteiger partial charge < -0.3 is 10.2 Å². The van der Waals surface area contributed by atoms with Crippen LogP contribution in [0.15, 0.2) is 18.2 Å². The van der Waals surface area contributed by atoms with Crippen LogP contribution in [0, 0.1) is 15.9 Å². The van der Waals surface area contributed by atoms with Crippen molar-refractivity contribution in [2.45, 2.75) is 32.4 Å². The van der Waals surface area contributed by atoms with Crippen molar-refractivity contribution in [2.75, 3.05) is 19.6 Å². The molecule has 0 spiro atoms. The van der Waals surface area contributed by atoms with Crippen LogP contribution in [0.1, 0.15) is 25.3 Å². The van der Waals surface area contributed by atoms with Crippen LogP contribution in [-0.2, 0) is 6.54 Å². The Morgan fingerprint density at radius 3 is 2.75 bits per heavy atom. The van der Waals surface area contributed by atoms with Crippen LogP contribution in [0.5, 0.6) is 0 Å². The van der Waals surface area contributed by atoms with E-state index in [-0.39, 0.29) is 11.7 Å². The Labute approximate surface area is 117 Å². The van der Waals surface area contributed by atoms with E-state index in [1.807, 2.05) is 0 Å². The zero-order chi connectivity index (χ0) is 14.5. The van der Waals surface area contributed by atoms with Crippen LogP contribution in [-0.4, -0.2) is 35.5 Å². The molecule has 0 amide bonds. The Hall–Kier alpha value is -1.53. The maximum absolute atomic E-state index is 13.3. The Morgan fingerprint density at radius 2 is 2.10 bits per heavy atom. The van der Waals surface area contributed by atoms with Gasteiger partial charge >= 0.3 is 0 Å². The topological polar surface area (TPSA) is 58.4 Å². The average molecular weight is 281 g/mol. The highest BCUT2D eigenvalue weighted by Crippen LogP contribution is 2.16. The van der Waals surface area contributed by atoms with E-state index in [0.29, 0.717) is 12.1 Å². The van der Waals surface area contributed by atoms with Crippen LogP contribution in [0.3, 0.4) is 0 Å². The third-order valence-corrected chi connectivity index (χ3v) is 3.54. The third-order valence-electron chi connectivity index (χ3n) is 3.54. The number of nitro groups is 1. The summed E-state index contributed by atoms with van der Waals surface area (Å²) in [5, 5.41) is 14.0. The van der Waals surface area contributed by atoms with Crippen molar-refractivity contribution in [3.63, 3.8) is 0 Å². The van der Waals surface area contributed by atoms with Crippen molar-refractivity contribution in [1.29, 1.82) is 0 Å². The summed E-state index contributed by atoms with van der Waals surface area (Å²) in [7, 11) is 0. The van der Waals surface area contributed by atoms with Gasteiger partial charge in [0.05, 0.1) is 11.0 Å². The fourth-order valence-electron chi connectivity index (χ4n) is 2.55. The molecule has 5 nitrogen and oxygen atoms in total. The lowest BCUT2D eigenvalue weighted by Gasteiger charge is -2.21. The highest BCUT2D eigenvalue weighted by Gasteiger charge is 2.15. The largest absolute Gasteiger partial charge is 0.309 e. The highest BCUT2D eigenvalue weighted by atomic mass is 19.1. The lowest BCUT2D eigenvalue weighted by Crippen LogP contribution is -2.37. The normalized spacial score (nSPS) is 17.3. The second kappa shape index (κ2) is 6.76. The summed E-state index contributed by atoms with van der Waals surface area (Å²) in [6.45, 7) is 5.74. The predicted octanol–water partition coefficient (Wildman–Crippen LogP) is 2.31. The van der Waals surface area contributed by atoms with Gasteiger partial charge in [0, 0.05) is 25.2 Å². The zero-order valence-corrected chi connectivity index (χ0v) is 11.6. The average Bonchev–Trinajstić information content (AvgIpc) is 2.88. The first-order valence-corrected chi connectivity index (χ1v) is 6.94. The van der Waals surface area contributed by atoms with E-state index in [2.05, 4.69) is 17.1 Å². The van der Waals surface area contributed by atoms with Crippen LogP contribution in [0.4, 0.5) is 10.1 Å². The van der Waals surface area contributed by atoms with Gasteiger partial charge in [-0.3, -0.25) is 10.1 Å². The molecule has 2 rings (SSSR count). The molecule has 20 heavy (non-hydrogen) atoms. The van der Waals surface area contributed by atoms with Gasteiger partial charge in [-0.2, -0.15) is 0 Å². The van der Waals surface area contributed by atoms with Crippen LogP contribution in [0.2, 0.25) is 0 Å². The molecule has 1 aromatic rings. The molecule has 1 unspecified atom stereocenters. The monoisotopic (exact) mass is 281 g/mol. The molecule has 1 fully saturated rings. The molecule has 0 saturated carbocycles. The Bertz CT molecular complexity index is 475. The second-order valence-electron chi connectivity index (χ2n) is 5.36. The molecule has 1 heterocycles. The number of nitrogens with zero attached hydrogens (tertiary/aromatic N) is 2. The number of nitrogens with one attached hydrogen (secondary N) is 1. The quantitative estimate of drug-likeness (QED) is 0.642. The standard InChI is InChI=1S/C14H20FN3O2/c1-11(10-17-4-2-3-5-17)16-9-12-6-13(15)8-14(7-12)18(19)20/h6-8,11,16H,2-5,9-10H2,1H3. The van der Waals surface area contributed by atoms with Crippen molar-refractivity contribution in [3.8, 4) is 0 Å². The molecule has 0 aliphatic carbocycles. The minimum Gasteiger partial charge on any atom is -0.309 e. The fraction of sp³-hybridized carbons (Fsp3) is 0.571. The molecule has 1 aromatic carbocycles. The second-order valence-corrected chi connectivity index (χ2v) is 5.36. The molecule has 0 aromatic heterocycles. The highest BCUT2D eigenvalue weighted by molar-refractivity contribution is 5.35. The van der Waals surface area contributed by atoms with Gasteiger partial charge in [-0.1, -0.05) is 0 Å². The van der Waals surface area contributed by atoms with E-state index < -0.39 is 10.7 Å². The number of benzene rings is 1. The van der Waals surface area contributed by atoms with Gasteiger partial charge in [0.25, 0.3) is 5.69 Å². The van der Waals surface area contributed by atoms with Gasteiger partial charge in [-0.25, -0.2) is 4.39 Å². The summed E-state index contributed by atoms with van der Waals surface area (Å²) in [5.74, 6) is -0.566. The summed E-state index contributed by atoms with van der Waals surface area (Å²) >= 11 is 0. The molecule has 0 radical (unpaired) electrons. The molecule has 6 heteroatoms. The zero-order valence-electron chi connectivity index (χ0n) is 11.6. The van der Waals surface area contributed by atoms with E-state index in [0.717, 1.165) is 25.7 Å². The molecule has 1 aliphatic heterocycles. The Kier molecular flexibility index (Phi) is 5.03. The lowest BCUT2D eigenvalue weighted by molar-refractivity contribution is -0.385. The first-order chi connectivity index (χ1) is 9.54. The SMILES string of the molecule is CC(CN1CCCC1)NCc1cc(F)cc([N+](=O)[O-])c1. The van der Waals surface area contributed by atoms with E-state index in [4.69, 9.17) is 0 Å². The summed E-state index contributed by atoms with van der Waals surface area (Å²) in [6.07, 6.45) is 2.51. The van der Waals surface area contributed by atoms with Crippen molar-refractivity contribution in [2.24, 2.45) is 0 Å². The molecule has 1 atom stereocenters. The third kappa shape index (κ3) is 4.25. The molecule has 1 N–H and O–H groups in total. The van der Waals surface area contributed by atoms with Crippen molar-refractivity contribution in [1.82, 2.24) is 10.2 Å². The van der Waals surface area contributed by atoms with Crippen LogP contribution >= 0.6 is 0 Å². The molecular weight excluding hydrogens is 261 g/mol.